The number of amides is 1. The zero-order valence-corrected chi connectivity index (χ0v) is 11.3. The SMILES string of the molecule is CCOc1nc(NN)nc(NCC(=O)N(C)CC)n1. The van der Waals surface area contributed by atoms with Crippen molar-refractivity contribution in [3.8, 4) is 6.01 Å². The molecular weight excluding hydrogens is 250 g/mol. The average Bonchev–Trinajstić information content (AvgIpc) is 2.43. The largest absolute Gasteiger partial charge is 0.464 e. The number of ether oxygens (including phenoxy) is 1. The van der Waals surface area contributed by atoms with E-state index >= 15 is 0 Å². The Morgan fingerprint density at radius 2 is 2.00 bits per heavy atom. The van der Waals surface area contributed by atoms with Crippen LogP contribution in [0, 0.1) is 0 Å². The smallest absolute Gasteiger partial charge is 0.323 e. The fourth-order valence-corrected chi connectivity index (χ4v) is 1.16. The third-order valence-electron chi connectivity index (χ3n) is 2.32. The molecule has 0 bridgehead atoms. The first-order chi connectivity index (χ1) is 9.10. The Hall–Kier alpha value is -2.16. The molecule has 0 saturated carbocycles. The van der Waals surface area contributed by atoms with Gasteiger partial charge in [-0.05, 0) is 13.8 Å². The fourth-order valence-electron chi connectivity index (χ4n) is 1.16. The van der Waals surface area contributed by atoms with Crippen LogP contribution in [-0.4, -0.2) is 52.5 Å². The quantitative estimate of drug-likeness (QED) is 0.445. The van der Waals surface area contributed by atoms with Gasteiger partial charge in [-0.25, -0.2) is 5.84 Å². The van der Waals surface area contributed by atoms with Gasteiger partial charge >= 0.3 is 6.01 Å². The number of hydrogen-bond acceptors (Lipinski definition) is 8. The van der Waals surface area contributed by atoms with Crippen molar-refractivity contribution in [3.05, 3.63) is 0 Å². The molecule has 106 valence electrons. The van der Waals surface area contributed by atoms with Crippen molar-refractivity contribution in [3.63, 3.8) is 0 Å². The first-order valence-corrected chi connectivity index (χ1v) is 5.94. The minimum atomic E-state index is -0.0665. The molecule has 0 aromatic carbocycles. The molecule has 0 atom stereocenters. The predicted molar refractivity (Wildman–Crippen MR) is 70.6 cm³/mol. The number of nitrogens with one attached hydrogen (secondary N) is 2. The number of carbonyl (C=O) groups is 1. The Kier molecular flexibility index (Phi) is 5.73. The van der Waals surface area contributed by atoms with Crippen molar-refractivity contribution >= 4 is 17.8 Å². The van der Waals surface area contributed by atoms with Crippen LogP contribution in [0.4, 0.5) is 11.9 Å². The Balaban J connectivity index is 2.71. The summed E-state index contributed by atoms with van der Waals surface area (Å²) in [5, 5.41) is 2.80. The molecule has 1 heterocycles. The molecule has 1 rings (SSSR count). The fraction of sp³-hybridized carbons (Fsp3) is 0.600. The van der Waals surface area contributed by atoms with E-state index in [0.717, 1.165) is 0 Å². The normalized spacial score (nSPS) is 9.89. The summed E-state index contributed by atoms with van der Waals surface area (Å²) in [6, 6.07) is 0.143. The first-order valence-electron chi connectivity index (χ1n) is 5.94. The van der Waals surface area contributed by atoms with E-state index in [2.05, 4.69) is 25.7 Å². The van der Waals surface area contributed by atoms with Gasteiger partial charge in [-0.2, -0.15) is 15.0 Å². The highest BCUT2D eigenvalue weighted by Gasteiger charge is 2.10. The van der Waals surface area contributed by atoms with Gasteiger partial charge in [0.1, 0.15) is 0 Å². The first kappa shape index (κ1) is 14.9. The lowest BCUT2D eigenvalue weighted by Gasteiger charge is -2.14. The topological polar surface area (TPSA) is 118 Å². The van der Waals surface area contributed by atoms with E-state index in [-0.39, 0.29) is 30.4 Å². The van der Waals surface area contributed by atoms with Crippen LogP contribution >= 0.6 is 0 Å². The van der Waals surface area contributed by atoms with Crippen molar-refractivity contribution in [2.45, 2.75) is 13.8 Å². The van der Waals surface area contributed by atoms with Gasteiger partial charge in [-0.1, -0.05) is 0 Å². The number of carbonyl (C=O) groups excluding carboxylic acids is 1. The summed E-state index contributed by atoms with van der Waals surface area (Å²) in [6.07, 6.45) is 0. The molecule has 0 fully saturated rings. The third-order valence-corrected chi connectivity index (χ3v) is 2.32. The molecule has 0 aliphatic rings. The summed E-state index contributed by atoms with van der Waals surface area (Å²) in [6.45, 7) is 4.85. The molecule has 9 heteroatoms. The van der Waals surface area contributed by atoms with Gasteiger partial charge in [0.05, 0.1) is 13.2 Å². The van der Waals surface area contributed by atoms with E-state index in [1.807, 2.05) is 13.8 Å². The lowest BCUT2D eigenvalue weighted by molar-refractivity contribution is -0.127. The van der Waals surface area contributed by atoms with E-state index in [9.17, 15) is 4.79 Å². The van der Waals surface area contributed by atoms with Crippen molar-refractivity contribution in [2.24, 2.45) is 5.84 Å². The number of hydrazine groups is 1. The van der Waals surface area contributed by atoms with Crippen molar-refractivity contribution in [1.29, 1.82) is 0 Å². The number of nitrogen functional groups attached to an aromatic ring is 1. The van der Waals surface area contributed by atoms with E-state index in [0.29, 0.717) is 13.2 Å². The number of hydrogen-bond donors (Lipinski definition) is 3. The zero-order valence-electron chi connectivity index (χ0n) is 11.3. The maximum Gasteiger partial charge on any atom is 0.323 e. The lowest BCUT2D eigenvalue weighted by Crippen LogP contribution is -2.32. The van der Waals surface area contributed by atoms with Crippen LogP contribution in [0.15, 0.2) is 0 Å². The van der Waals surface area contributed by atoms with Gasteiger partial charge in [-0.3, -0.25) is 10.2 Å². The van der Waals surface area contributed by atoms with Crippen LogP contribution in [-0.2, 0) is 4.79 Å². The second-order valence-corrected chi connectivity index (χ2v) is 3.60. The molecule has 0 aliphatic heterocycles. The third kappa shape index (κ3) is 4.54. The molecule has 0 unspecified atom stereocenters. The Bertz CT molecular complexity index is 426. The van der Waals surface area contributed by atoms with Crippen molar-refractivity contribution in [2.75, 3.05) is 37.5 Å². The second-order valence-electron chi connectivity index (χ2n) is 3.60. The highest BCUT2D eigenvalue weighted by molar-refractivity contribution is 5.80. The minimum absolute atomic E-state index is 0.0665. The van der Waals surface area contributed by atoms with E-state index < -0.39 is 0 Å². The summed E-state index contributed by atoms with van der Waals surface area (Å²) < 4.78 is 5.17. The van der Waals surface area contributed by atoms with Crippen LogP contribution < -0.4 is 21.3 Å². The molecule has 1 amide bonds. The van der Waals surface area contributed by atoms with Crippen molar-refractivity contribution in [1.82, 2.24) is 19.9 Å². The van der Waals surface area contributed by atoms with Gasteiger partial charge in [0.15, 0.2) is 0 Å². The minimum Gasteiger partial charge on any atom is -0.464 e. The summed E-state index contributed by atoms with van der Waals surface area (Å²) >= 11 is 0. The monoisotopic (exact) mass is 269 g/mol. The standard InChI is InChI=1S/C10H19N7O2/c1-4-17(3)7(18)6-12-8-13-9(16-11)15-10(14-8)19-5-2/h4-6,11H2,1-3H3,(H2,12,13,14,15,16). The van der Waals surface area contributed by atoms with E-state index in [4.69, 9.17) is 10.6 Å². The summed E-state index contributed by atoms with van der Waals surface area (Å²) in [5.74, 6) is 5.57. The highest BCUT2D eigenvalue weighted by atomic mass is 16.5. The lowest BCUT2D eigenvalue weighted by atomic mass is 10.5. The zero-order chi connectivity index (χ0) is 14.3. The molecule has 1 aromatic rings. The number of likely N-dealkylation sites (N-methyl/N-ethyl adjacent to an activating group) is 1. The summed E-state index contributed by atoms with van der Waals surface area (Å²) in [4.78, 5) is 25.1. The molecule has 4 N–H and O–H groups in total. The van der Waals surface area contributed by atoms with Gasteiger partial charge in [0, 0.05) is 13.6 Å². The van der Waals surface area contributed by atoms with Crippen LogP contribution in [0.1, 0.15) is 13.8 Å². The molecule has 19 heavy (non-hydrogen) atoms. The van der Waals surface area contributed by atoms with Gasteiger partial charge in [0.25, 0.3) is 0 Å². The van der Waals surface area contributed by atoms with Crippen LogP contribution in [0.5, 0.6) is 6.01 Å². The second kappa shape index (κ2) is 7.31. The van der Waals surface area contributed by atoms with Gasteiger partial charge < -0.3 is 15.0 Å². The van der Waals surface area contributed by atoms with Crippen LogP contribution in [0.25, 0.3) is 0 Å². The van der Waals surface area contributed by atoms with Crippen LogP contribution in [0.3, 0.4) is 0 Å². The highest BCUT2D eigenvalue weighted by Crippen LogP contribution is 2.10. The molecule has 0 aliphatic carbocycles. The van der Waals surface area contributed by atoms with Crippen LogP contribution in [0.2, 0.25) is 0 Å². The molecule has 9 nitrogen and oxygen atoms in total. The Labute approximate surface area is 111 Å². The summed E-state index contributed by atoms with van der Waals surface area (Å²) in [5.41, 5.74) is 2.31. The van der Waals surface area contributed by atoms with Gasteiger partial charge in [0.2, 0.25) is 17.8 Å². The molecule has 0 radical (unpaired) electrons. The maximum atomic E-state index is 11.6. The molecule has 0 spiro atoms. The number of anilines is 2. The average molecular weight is 269 g/mol. The number of rotatable bonds is 7. The van der Waals surface area contributed by atoms with E-state index in [1.54, 1.807) is 11.9 Å². The number of aromatic nitrogens is 3. The predicted octanol–water partition coefficient (Wildman–Crippen LogP) is -0.554. The van der Waals surface area contributed by atoms with E-state index in [1.165, 1.54) is 0 Å². The Morgan fingerprint density at radius 3 is 2.58 bits per heavy atom. The van der Waals surface area contributed by atoms with Crippen molar-refractivity contribution < 1.29 is 9.53 Å². The maximum absolute atomic E-state index is 11.6. The summed E-state index contributed by atoms with van der Waals surface area (Å²) in [7, 11) is 1.72. The number of nitrogens with two attached hydrogens (primary N) is 1. The molecular formula is C10H19N7O2. The van der Waals surface area contributed by atoms with Gasteiger partial charge in [-0.15, -0.1) is 0 Å². The Morgan fingerprint density at radius 1 is 1.32 bits per heavy atom. The number of nitrogens with zero attached hydrogens (tertiary/aromatic N) is 4. The molecule has 1 aromatic heterocycles. The molecule has 0 saturated heterocycles.